The first-order valence-electron chi connectivity index (χ1n) is 5.89. The molecule has 2 heterocycles. The summed E-state index contributed by atoms with van der Waals surface area (Å²) in [5.74, 6) is -0.0447. The number of nitrogens with zero attached hydrogens (tertiary/aromatic N) is 2. The monoisotopic (exact) mass is 236 g/mol. The molecule has 5 nitrogen and oxygen atoms in total. The summed E-state index contributed by atoms with van der Waals surface area (Å²) in [6.07, 6.45) is 4.04. The molecule has 1 aliphatic rings. The van der Waals surface area contributed by atoms with Crippen LogP contribution in [0.25, 0.3) is 0 Å². The molecule has 1 unspecified atom stereocenters. The van der Waals surface area contributed by atoms with Crippen LogP contribution in [0.4, 0.5) is 0 Å². The van der Waals surface area contributed by atoms with E-state index in [1.165, 1.54) is 6.20 Å². The van der Waals surface area contributed by atoms with E-state index in [1.807, 2.05) is 6.92 Å². The number of rotatable bonds is 3. The Kier molecular flexibility index (Phi) is 3.68. The smallest absolute Gasteiger partial charge is 0.339 e. The van der Waals surface area contributed by atoms with Crippen LogP contribution in [0.2, 0.25) is 0 Å². The zero-order valence-electron chi connectivity index (χ0n) is 9.85. The van der Waals surface area contributed by atoms with Gasteiger partial charge in [0.05, 0.1) is 17.9 Å². The number of ether oxygens (including phenoxy) is 1. The first-order valence-corrected chi connectivity index (χ1v) is 5.89. The van der Waals surface area contributed by atoms with Gasteiger partial charge in [0.25, 0.3) is 0 Å². The van der Waals surface area contributed by atoms with Crippen LogP contribution in [-0.2, 0) is 11.2 Å². The average molecular weight is 236 g/mol. The van der Waals surface area contributed by atoms with Gasteiger partial charge in [0.2, 0.25) is 0 Å². The highest BCUT2D eigenvalue weighted by atomic mass is 16.5. The number of carboxylic acids is 1. The fourth-order valence-corrected chi connectivity index (χ4v) is 2.02. The summed E-state index contributed by atoms with van der Waals surface area (Å²) >= 11 is 0. The van der Waals surface area contributed by atoms with Crippen LogP contribution in [0.1, 0.15) is 47.6 Å². The molecular weight excluding hydrogens is 220 g/mol. The Labute approximate surface area is 99.9 Å². The second-order valence-electron chi connectivity index (χ2n) is 4.16. The van der Waals surface area contributed by atoms with Crippen molar-refractivity contribution in [3.63, 3.8) is 0 Å². The lowest BCUT2D eigenvalue weighted by molar-refractivity contribution is 0.0693. The number of aromatic carboxylic acids is 1. The number of carboxylic acid groups (broad SMARTS) is 1. The van der Waals surface area contributed by atoms with Gasteiger partial charge in [0.15, 0.2) is 0 Å². The Morgan fingerprint density at radius 1 is 1.65 bits per heavy atom. The molecule has 0 aliphatic carbocycles. The highest BCUT2D eigenvalue weighted by molar-refractivity contribution is 5.88. The van der Waals surface area contributed by atoms with Crippen LogP contribution < -0.4 is 0 Å². The summed E-state index contributed by atoms with van der Waals surface area (Å²) in [5, 5.41) is 8.99. The van der Waals surface area contributed by atoms with Gasteiger partial charge in [-0.25, -0.2) is 14.8 Å². The van der Waals surface area contributed by atoms with Gasteiger partial charge in [-0.3, -0.25) is 0 Å². The molecule has 2 rings (SSSR count). The Morgan fingerprint density at radius 3 is 3.06 bits per heavy atom. The summed E-state index contributed by atoms with van der Waals surface area (Å²) in [7, 11) is 0. The molecule has 1 aromatic heterocycles. The van der Waals surface area contributed by atoms with E-state index < -0.39 is 5.97 Å². The lowest BCUT2D eigenvalue weighted by atomic mass is 10.0. The van der Waals surface area contributed by atoms with Crippen LogP contribution in [0.5, 0.6) is 0 Å². The topological polar surface area (TPSA) is 72.3 Å². The van der Waals surface area contributed by atoms with Crippen LogP contribution in [0, 0.1) is 0 Å². The fraction of sp³-hybridized carbons (Fsp3) is 0.583. The maximum Gasteiger partial charge on any atom is 0.339 e. The van der Waals surface area contributed by atoms with E-state index in [1.54, 1.807) is 0 Å². The highest BCUT2D eigenvalue weighted by Gasteiger charge is 2.21. The fourth-order valence-electron chi connectivity index (χ4n) is 2.02. The van der Waals surface area contributed by atoms with Crippen molar-refractivity contribution < 1.29 is 14.6 Å². The van der Waals surface area contributed by atoms with Crippen LogP contribution in [0.3, 0.4) is 0 Å². The minimum Gasteiger partial charge on any atom is -0.478 e. The molecule has 5 heteroatoms. The lowest BCUT2D eigenvalue weighted by Gasteiger charge is -2.21. The van der Waals surface area contributed by atoms with E-state index in [-0.39, 0.29) is 11.5 Å². The highest BCUT2D eigenvalue weighted by Crippen LogP contribution is 2.23. The van der Waals surface area contributed by atoms with E-state index in [0.717, 1.165) is 19.4 Å². The van der Waals surface area contributed by atoms with Crippen molar-refractivity contribution >= 4 is 5.97 Å². The van der Waals surface area contributed by atoms with Gasteiger partial charge in [-0.15, -0.1) is 0 Å². The molecule has 1 fully saturated rings. The zero-order chi connectivity index (χ0) is 12.3. The lowest BCUT2D eigenvalue weighted by Crippen LogP contribution is -2.19. The SMILES string of the molecule is CCc1nc(C2CCCOC2)ncc1C(=O)O. The molecular formula is C12H16N2O3. The van der Waals surface area contributed by atoms with Crippen LogP contribution >= 0.6 is 0 Å². The van der Waals surface area contributed by atoms with E-state index >= 15 is 0 Å². The summed E-state index contributed by atoms with van der Waals surface area (Å²) in [6.45, 7) is 3.33. The molecule has 0 saturated carbocycles. The molecule has 0 radical (unpaired) electrons. The van der Waals surface area contributed by atoms with Gasteiger partial charge in [0.1, 0.15) is 5.82 Å². The molecule has 17 heavy (non-hydrogen) atoms. The van der Waals surface area contributed by atoms with Gasteiger partial charge in [0, 0.05) is 18.7 Å². The van der Waals surface area contributed by atoms with Crippen molar-refractivity contribution in [2.45, 2.75) is 32.1 Å². The summed E-state index contributed by atoms with van der Waals surface area (Å²) in [5.41, 5.74) is 0.807. The third-order valence-electron chi connectivity index (χ3n) is 2.98. The average Bonchev–Trinajstić information content (AvgIpc) is 2.39. The van der Waals surface area contributed by atoms with Crippen molar-refractivity contribution in [2.75, 3.05) is 13.2 Å². The second-order valence-corrected chi connectivity index (χ2v) is 4.16. The van der Waals surface area contributed by atoms with Gasteiger partial charge < -0.3 is 9.84 Å². The first kappa shape index (κ1) is 12.0. The van der Waals surface area contributed by atoms with Gasteiger partial charge in [-0.05, 0) is 19.3 Å². The maximum atomic E-state index is 11.0. The predicted molar refractivity (Wildman–Crippen MR) is 61.2 cm³/mol. The molecule has 1 saturated heterocycles. The summed E-state index contributed by atoms with van der Waals surface area (Å²) in [6, 6.07) is 0. The standard InChI is InChI=1S/C12H16N2O3/c1-2-10-9(12(15)16)6-13-11(14-10)8-4-3-5-17-7-8/h6,8H,2-5,7H2,1H3,(H,15,16). The Morgan fingerprint density at radius 2 is 2.47 bits per heavy atom. The molecule has 1 aromatic rings. The Hall–Kier alpha value is -1.49. The largest absolute Gasteiger partial charge is 0.478 e. The molecule has 0 amide bonds. The zero-order valence-corrected chi connectivity index (χ0v) is 9.85. The number of aromatic nitrogens is 2. The molecule has 0 bridgehead atoms. The van der Waals surface area contributed by atoms with Gasteiger partial charge in [-0.1, -0.05) is 6.92 Å². The van der Waals surface area contributed by atoms with Crippen molar-refractivity contribution in [1.82, 2.24) is 9.97 Å². The third-order valence-corrected chi connectivity index (χ3v) is 2.98. The second kappa shape index (κ2) is 5.23. The van der Waals surface area contributed by atoms with Crippen molar-refractivity contribution in [3.8, 4) is 0 Å². The van der Waals surface area contributed by atoms with E-state index in [2.05, 4.69) is 9.97 Å². The molecule has 0 aromatic carbocycles. The maximum absolute atomic E-state index is 11.0. The number of hydrogen-bond acceptors (Lipinski definition) is 4. The van der Waals surface area contributed by atoms with Crippen molar-refractivity contribution in [3.05, 3.63) is 23.3 Å². The van der Waals surface area contributed by atoms with E-state index in [0.29, 0.717) is 24.5 Å². The predicted octanol–water partition coefficient (Wildman–Crippen LogP) is 1.63. The first-order chi connectivity index (χ1) is 8.22. The molecule has 0 spiro atoms. The normalized spacial score (nSPS) is 20.2. The molecule has 1 atom stereocenters. The number of carbonyl (C=O) groups is 1. The van der Waals surface area contributed by atoms with Gasteiger partial charge >= 0.3 is 5.97 Å². The van der Waals surface area contributed by atoms with Crippen molar-refractivity contribution in [1.29, 1.82) is 0 Å². The molecule has 92 valence electrons. The van der Waals surface area contributed by atoms with Crippen LogP contribution in [-0.4, -0.2) is 34.3 Å². The number of hydrogen-bond donors (Lipinski definition) is 1. The summed E-state index contributed by atoms with van der Waals surface area (Å²) in [4.78, 5) is 19.5. The third kappa shape index (κ3) is 2.61. The van der Waals surface area contributed by atoms with Crippen molar-refractivity contribution in [2.24, 2.45) is 0 Å². The quantitative estimate of drug-likeness (QED) is 0.863. The molecule has 1 N–H and O–H groups in total. The van der Waals surface area contributed by atoms with E-state index in [4.69, 9.17) is 9.84 Å². The molecule has 1 aliphatic heterocycles. The summed E-state index contributed by atoms with van der Waals surface area (Å²) < 4.78 is 5.39. The Bertz CT molecular complexity index is 414. The van der Waals surface area contributed by atoms with E-state index in [9.17, 15) is 4.79 Å². The minimum absolute atomic E-state index is 0.202. The number of aryl methyl sites for hydroxylation is 1. The minimum atomic E-state index is -0.965. The Balaban J connectivity index is 2.27. The van der Waals surface area contributed by atoms with Crippen LogP contribution in [0.15, 0.2) is 6.20 Å². The van der Waals surface area contributed by atoms with Gasteiger partial charge in [-0.2, -0.15) is 0 Å².